The molecule has 11 heteroatoms. The standard InChI is InChI=1S/C24H25F3N4O4/c1-13(2)31-7-6-19(24(26,27)10-31)35-18-9-14(32-3)8-16-20(18)23(29-11-28-16)30-21-15(25)4-5-17-22(21)34-12-33-17/h4-5,8-9,11,13,19H,6-7,10,12H2,1-3H3,(H,28,29,30)/t19-/m1/s1. The molecule has 0 radical (unpaired) electrons. The number of nitrogens with zero attached hydrogens (tertiary/aromatic N) is 3. The summed E-state index contributed by atoms with van der Waals surface area (Å²) in [6, 6.07) is 5.83. The van der Waals surface area contributed by atoms with E-state index in [-0.39, 0.29) is 42.3 Å². The zero-order chi connectivity index (χ0) is 24.7. The Morgan fingerprint density at radius 2 is 2.03 bits per heavy atom. The van der Waals surface area contributed by atoms with Gasteiger partial charge in [0.15, 0.2) is 23.4 Å². The van der Waals surface area contributed by atoms with Crippen LogP contribution < -0.4 is 24.3 Å². The molecule has 0 bridgehead atoms. The summed E-state index contributed by atoms with van der Waals surface area (Å²) in [4.78, 5) is 10.2. The molecule has 1 atom stereocenters. The Labute approximate surface area is 200 Å². The van der Waals surface area contributed by atoms with Crippen molar-refractivity contribution in [2.45, 2.75) is 38.3 Å². The third-order valence-electron chi connectivity index (χ3n) is 6.21. The van der Waals surface area contributed by atoms with Gasteiger partial charge in [0.2, 0.25) is 6.79 Å². The number of nitrogens with one attached hydrogen (secondary N) is 1. The number of piperidine rings is 1. The fourth-order valence-electron chi connectivity index (χ4n) is 4.30. The van der Waals surface area contributed by atoms with E-state index in [1.807, 2.05) is 13.8 Å². The average molecular weight is 490 g/mol. The molecule has 2 aliphatic heterocycles. The topological polar surface area (TPSA) is 78.0 Å². The van der Waals surface area contributed by atoms with E-state index in [1.165, 1.54) is 31.6 Å². The Bertz CT molecular complexity index is 1260. The minimum atomic E-state index is -3.08. The van der Waals surface area contributed by atoms with Crippen molar-refractivity contribution in [2.75, 3.05) is 32.3 Å². The van der Waals surface area contributed by atoms with Gasteiger partial charge in [0.1, 0.15) is 29.3 Å². The zero-order valence-corrected chi connectivity index (χ0v) is 19.5. The van der Waals surface area contributed by atoms with Gasteiger partial charge in [-0.2, -0.15) is 0 Å². The summed E-state index contributed by atoms with van der Waals surface area (Å²) in [5.74, 6) is -2.46. The van der Waals surface area contributed by atoms with Crippen molar-refractivity contribution in [1.82, 2.24) is 14.9 Å². The van der Waals surface area contributed by atoms with Crippen molar-refractivity contribution in [3.8, 4) is 23.0 Å². The molecule has 8 nitrogen and oxygen atoms in total. The first-order chi connectivity index (χ1) is 16.8. The van der Waals surface area contributed by atoms with E-state index >= 15 is 8.78 Å². The lowest BCUT2D eigenvalue weighted by Crippen LogP contribution is -2.55. The van der Waals surface area contributed by atoms with Gasteiger partial charge >= 0.3 is 0 Å². The number of halogens is 3. The second kappa shape index (κ2) is 8.95. The third kappa shape index (κ3) is 4.36. The molecule has 186 valence electrons. The second-order valence-electron chi connectivity index (χ2n) is 8.74. The van der Waals surface area contributed by atoms with Crippen LogP contribution in [0.4, 0.5) is 24.7 Å². The van der Waals surface area contributed by atoms with Crippen LogP contribution in [-0.4, -0.2) is 59.9 Å². The molecule has 35 heavy (non-hydrogen) atoms. The van der Waals surface area contributed by atoms with E-state index in [1.54, 1.807) is 11.0 Å². The van der Waals surface area contributed by atoms with E-state index in [4.69, 9.17) is 18.9 Å². The van der Waals surface area contributed by atoms with Crippen molar-refractivity contribution < 1.29 is 32.1 Å². The molecule has 0 saturated carbocycles. The summed E-state index contributed by atoms with van der Waals surface area (Å²) in [5.41, 5.74) is 0.391. The summed E-state index contributed by atoms with van der Waals surface area (Å²) in [6.07, 6.45) is 0.0456. The van der Waals surface area contributed by atoms with E-state index < -0.39 is 24.4 Å². The number of hydrogen-bond acceptors (Lipinski definition) is 8. The maximum absolute atomic E-state index is 15.1. The molecule has 1 N–H and O–H groups in total. The first-order valence-electron chi connectivity index (χ1n) is 11.2. The highest BCUT2D eigenvalue weighted by molar-refractivity contribution is 5.97. The van der Waals surface area contributed by atoms with Gasteiger partial charge in [0.05, 0.1) is 24.6 Å². The number of benzene rings is 2. The molecule has 0 amide bonds. The van der Waals surface area contributed by atoms with Crippen LogP contribution in [0.1, 0.15) is 20.3 Å². The van der Waals surface area contributed by atoms with E-state index in [9.17, 15) is 4.39 Å². The number of alkyl halides is 2. The number of likely N-dealkylation sites (tertiary alicyclic amines) is 1. The molecule has 1 saturated heterocycles. The molecule has 5 rings (SSSR count). The summed E-state index contributed by atoms with van der Waals surface area (Å²) in [7, 11) is 1.46. The van der Waals surface area contributed by atoms with E-state index in [0.29, 0.717) is 28.9 Å². The molecule has 3 heterocycles. The van der Waals surface area contributed by atoms with Crippen LogP contribution >= 0.6 is 0 Å². The molecule has 3 aromatic rings. The number of aromatic nitrogens is 2. The summed E-state index contributed by atoms with van der Waals surface area (Å²) in [6.45, 7) is 3.79. The monoisotopic (exact) mass is 490 g/mol. The predicted molar refractivity (Wildman–Crippen MR) is 123 cm³/mol. The maximum Gasteiger partial charge on any atom is 0.296 e. The Balaban J connectivity index is 1.56. The smallest absolute Gasteiger partial charge is 0.296 e. The normalized spacial score (nSPS) is 19.2. The number of methoxy groups -OCH3 is 1. The summed E-state index contributed by atoms with van der Waals surface area (Å²) >= 11 is 0. The molecular formula is C24H25F3N4O4. The fourth-order valence-corrected chi connectivity index (χ4v) is 4.30. The number of anilines is 2. The second-order valence-corrected chi connectivity index (χ2v) is 8.74. The van der Waals surface area contributed by atoms with Gasteiger partial charge in [0, 0.05) is 31.1 Å². The number of hydrogen-bond donors (Lipinski definition) is 1. The lowest BCUT2D eigenvalue weighted by molar-refractivity contribution is -0.143. The lowest BCUT2D eigenvalue weighted by atomic mass is 10.0. The van der Waals surface area contributed by atoms with Crippen LogP contribution in [0, 0.1) is 5.82 Å². The molecule has 0 aliphatic carbocycles. The molecule has 0 unspecified atom stereocenters. The van der Waals surface area contributed by atoms with Crippen molar-refractivity contribution in [1.29, 1.82) is 0 Å². The Morgan fingerprint density at radius 1 is 1.20 bits per heavy atom. The Hall–Kier alpha value is -3.47. The van der Waals surface area contributed by atoms with Crippen molar-refractivity contribution in [3.63, 3.8) is 0 Å². The number of fused-ring (bicyclic) bond motifs is 2. The van der Waals surface area contributed by atoms with Gasteiger partial charge in [-0.3, -0.25) is 4.90 Å². The van der Waals surface area contributed by atoms with Crippen LogP contribution in [0.3, 0.4) is 0 Å². The largest absolute Gasteiger partial charge is 0.497 e. The summed E-state index contributed by atoms with van der Waals surface area (Å²) < 4.78 is 66.9. The Kier molecular flexibility index (Phi) is 5.96. The molecule has 1 fully saturated rings. The third-order valence-corrected chi connectivity index (χ3v) is 6.21. The van der Waals surface area contributed by atoms with Crippen LogP contribution in [0.25, 0.3) is 10.9 Å². The van der Waals surface area contributed by atoms with Crippen molar-refractivity contribution >= 4 is 22.4 Å². The molecule has 2 aliphatic rings. The highest BCUT2D eigenvalue weighted by atomic mass is 19.3. The molecule has 0 spiro atoms. The van der Waals surface area contributed by atoms with Gasteiger partial charge in [-0.25, -0.2) is 23.1 Å². The lowest BCUT2D eigenvalue weighted by Gasteiger charge is -2.40. The first-order valence-corrected chi connectivity index (χ1v) is 11.2. The van der Waals surface area contributed by atoms with Gasteiger partial charge in [0.25, 0.3) is 5.92 Å². The minimum Gasteiger partial charge on any atom is -0.497 e. The van der Waals surface area contributed by atoms with Crippen molar-refractivity contribution in [2.24, 2.45) is 0 Å². The van der Waals surface area contributed by atoms with Crippen molar-refractivity contribution in [3.05, 3.63) is 36.4 Å². The molecule has 1 aromatic heterocycles. The van der Waals surface area contributed by atoms with Crippen LogP contribution in [0.2, 0.25) is 0 Å². The van der Waals surface area contributed by atoms with E-state index in [2.05, 4.69) is 15.3 Å². The Morgan fingerprint density at radius 3 is 2.77 bits per heavy atom. The number of rotatable bonds is 6. The average Bonchev–Trinajstić information content (AvgIpc) is 3.30. The fraction of sp³-hybridized carbons (Fsp3) is 0.417. The van der Waals surface area contributed by atoms with Gasteiger partial charge in [-0.1, -0.05) is 0 Å². The van der Waals surface area contributed by atoms with Crippen LogP contribution in [0.5, 0.6) is 23.0 Å². The van der Waals surface area contributed by atoms with Gasteiger partial charge in [-0.05, 0) is 26.0 Å². The minimum absolute atomic E-state index is 0.00243. The molecule has 2 aromatic carbocycles. The van der Waals surface area contributed by atoms with Gasteiger partial charge in [-0.15, -0.1) is 0 Å². The zero-order valence-electron chi connectivity index (χ0n) is 19.5. The van der Waals surface area contributed by atoms with E-state index in [0.717, 1.165) is 0 Å². The predicted octanol–water partition coefficient (Wildman–Crippen LogP) is 4.75. The van der Waals surface area contributed by atoms with Gasteiger partial charge < -0.3 is 24.3 Å². The van der Waals surface area contributed by atoms with Crippen LogP contribution in [0.15, 0.2) is 30.6 Å². The summed E-state index contributed by atoms with van der Waals surface area (Å²) in [5, 5.41) is 3.24. The highest BCUT2D eigenvalue weighted by Gasteiger charge is 2.47. The highest BCUT2D eigenvalue weighted by Crippen LogP contribution is 2.44. The maximum atomic E-state index is 15.1. The molecular weight excluding hydrogens is 465 g/mol. The first kappa shape index (κ1) is 23.3. The number of ether oxygens (including phenoxy) is 4. The SMILES string of the molecule is COc1cc(O[C@@H]2CCN(C(C)C)CC2(F)F)c2c(Nc3c(F)ccc4c3OCO4)ncnc2c1. The van der Waals surface area contributed by atoms with Crippen LogP contribution in [-0.2, 0) is 0 Å². The quantitative estimate of drug-likeness (QED) is 0.531.